The van der Waals surface area contributed by atoms with E-state index in [-0.39, 0.29) is 33.0 Å². The van der Waals surface area contributed by atoms with E-state index in [1.54, 1.807) is 8.87 Å². The fourth-order valence-electron chi connectivity index (χ4n) is 3.85. The topological polar surface area (TPSA) is 80.3 Å². The number of carbonyl (C=O) groups excluding carboxylic acids is 2. The van der Waals surface area contributed by atoms with Gasteiger partial charge in [0, 0.05) is 17.9 Å². The molecular weight excluding hydrogens is 471 g/mol. The Balaban J connectivity index is 0. The van der Waals surface area contributed by atoms with E-state index in [0.717, 1.165) is 38.5 Å². The van der Waals surface area contributed by atoms with Crippen LogP contribution in [-0.2, 0) is 9.59 Å². The van der Waals surface area contributed by atoms with Gasteiger partial charge in [-0.3, -0.25) is 0 Å². The van der Waals surface area contributed by atoms with Gasteiger partial charge in [0.1, 0.15) is 0 Å². The van der Waals surface area contributed by atoms with Crippen molar-refractivity contribution in [3.63, 3.8) is 0 Å². The van der Waals surface area contributed by atoms with Crippen molar-refractivity contribution in [3.8, 4) is 0 Å². The predicted octanol–water partition coefficient (Wildman–Crippen LogP) is 4.79. The molecule has 0 aliphatic carbocycles. The predicted molar refractivity (Wildman–Crippen MR) is 120 cm³/mol. The van der Waals surface area contributed by atoms with Gasteiger partial charge >= 0.3 is 69.5 Å². The Bertz CT molecular complexity index is 388. The monoisotopic (exact) mass is 518 g/mol. The number of aliphatic carboxylic acids is 2. The quantitative estimate of drug-likeness (QED) is 0.194. The summed E-state index contributed by atoms with van der Waals surface area (Å²) in [7, 11) is 0. The third-order valence-electron chi connectivity index (χ3n) is 6.00. The Morgan fingerprint density at radius 3 is 1.69 bits per heavy atom. The van der Waals surface area contributed by atoms with Crippen LogP contribution in [0.5, 0.6) is 0 Å². The molecule has 0 aliphatic heterocycles. The molecule has 1 unspecified atom stereocenters. The third kappa shape index (κ3) is 16.1. The molecule has 0 saturated heterocycles. The summed E-state index contributed by atoms with van der Waals surface area (Å²) in [6.07, 6.45) is 12.1. The molecule has 0 aromatic carbocycles. The Morgan fingerprint density at radius 1 is 0.793 bits per heavy atom. The maximum atomic E-state index is 11.5. The van der Waals surface area contributed by atoms with Gasteiger partial charge in [0.2, 0.25) is 0 Å². The van der Waals surface area contributed by atoms with Crippen LogP contribution in [0.1, 0.15) is 118 Å². The van der Waals surface area contributed by atoms with Gasteiger partial charge in [-0.2, -0.15) is 0 Å². The van der Waals surface area contributed by atoms with Crippen LogP contribution < -0.4 is 10.2 Å². The maximum absolute atomic E-state index is 11.5. The number of hydrogen-bond acceptors (Lipinski definition) is 4. The van der Waals surface area contributed by atoms with Gasteiger partial charge in [0.15, 0.2) is 0 Å². The molecule has 0 rings (SSSR count). The number of carboxylic acid groups (broad SMARTS) is 2. The molecule has 4 nitrogen and oxygen atoms in total. The first-order valence-corrected chi connectivity index (χ1v) is 16.0. The second-order valence-corrected chi connectivity index (χ2v) is 12.4. The summed E-state index contributed by atoms with van der Waals surface area (Å²) in [5.41, 5.74) is -0.264. The van der Waals surface area contributed by atoms with E-state index in [2.05, 4.69) is 20.8 Å². The van der Waals surface area contributed by atoms with Crippen LogP contribution in [0.4, 0.5) is 0 Å². The van der Waals surface area contributed by atoms with Crippen molar-refractivity contribution in [1.82, 2.24) is 0 Å². The Morgan fingerprint density at radius 2 is 1.31 bits per heavy atom. The molecule has 0 N–H and O–H groups in total. The Hall–Kier alpha value is -0.261. The van der Waals surface area contributed by atoms with Gasteiger partial charge in [-0.25, -0.2) is 0 Å². The zero-order valence-corrected chi connectivity index (χ0v) is 22.7. The summed E-state index contributed by atoms with van der Waals surface area (Å²) < 4.78 is 3.25. The van der Waals surface area contributed by atoms with Crippen molar-refractivity contribution < 1.29 is 19.8 Å². The van der Waals surface area contributed by atoms with Gasteiger partial charge in [-0.05, 0) is 43.9 Å². The van der Waals surface area contributed by atoms with Crippen molar-refractivity contribution in [2.45, 2.75) is 127 Å². The zero-order chi connectivity index (χ0) is 22.5. The van der Waals surface area contributed by atoms with E-state index in [4.69, 9.17) is 0 Å². The minimum atomic E-state index is -1.12. The summed E-state index contributed by atoms with van der Waals surface area (Å²) in [6.45, 7) is 10.7. The normalized spacial score (nSPS) is 11.9. The minimum absolute atomic E-state index is 0.0811. The standard InChI is InChI=1S/C16H30O4.2C4H9.Sn/c1-4-7-8-12-16(5-2,6-3)13(15(19)20)10-9-11-14(17)18;2*1-3-4-2;/h13H,4-12H2,1-3H3,(H,17,18)(H,19,20);2*1,3-4H2,2H3;/q;;;+2/p-2. The molecule has 0 amide bonds. The molecule has 0 heterocycles. The molecule has 0 aliphatic rings. The van der Waals surface area contributed by atoms with Crippen LogP contribution in [0.2, 0.25) is 8.87 Å². The molecule has 0 radical (unpaired) electrons. The van der Waals surface area contributed by atoms with E-state index in [9.17, 15) is 19.8 Å². The van der Waals surface area contributed by atoms with Crippen molar-refractivity contribution >= 4 is 33.1 Å². The molecule has 29 heavy (non-hydrogen) atoms. The average Bonchev–Trinajstić information content (AvgIpc) is 2.69. The number of carboxylic acids is 2. The third-order valence-corrected chi connectivity index (χ3v) is 10.0. The van der Waals surface area contributed by atoms with Crippen molar-refractivity contribution in [2.24, 2.45) is 11.3 Å². The summed E-state index contributed by atoms with van der Waals surface area (Å²) >= 11 is 0.149. The van der Waals surface area contributed by atoms with Crippen LogP contribution in [-0.4, -0.2) is 33.1 Å². The van der Waals surface area contributed by atoms with Crippen molar-refractivity contribution in [3.05, 3.63) is 0 Å². The first-order chi connectivity index (χ1) is 13.8. The van der Waals surface area contributed by atoms with Gasteiger partial charge in [0.05, 0.1) is 0 Å². The Labute approximate surface area is 190 Å². The summed E-state index contributed by atoms with van der Waals surface area (Å²) in [4.78, 5) is 22.0. The van der Waals surface area contributed by atoms with Crippen LogP contribution in [0, 0.1) is 11.3 Å². The van der Waals surface area contributed by atoms with E-state index < -0.39 is 17.9 Å². The van der Waals surface area contributed by atoms with Crippen molar-refractivity contribution in [2.75, 3.05) is 0 Å². The van der Waals surface area contributed by atoms with E-state index >= 15 is 0 Å². The zero-order valence-electron chi connectivity index (χ0n) is 19.8. The van der Waals surface area contributed by atoms with Gasteiger partial charge in [-0.1, -0.05) is 40.0 Å². The van der Waals surface area contributed by atoms with E-state index in [0.29, 0.717) is 12.8 Å². The molecule has 0 saturated carbocycles. The van der Waals surface area contributed by atoms with Gasteiger partial charge in [0.25, 0.3) is 0 Å². The summed E-state index contributed by atoms with van der Waals surface area (Å²) in [5, 5.41) is 22.0. The van der Waals surface area contributed by atoms with Crippen LogP contribution in [0.3, 0.4) is 0 Å². The van der Waals surface area contributed by atoms with Crippen molar-refractivity contribution in [1.29, 1.82) is 0 Å². The molecule has 0 aromatic rings. The first kappa shape index (κ1) is 30.9. The molecule has 0 aromatic heterocycles. The number of hydrogen-bond donors (Lipinski definition) is 0. The van der Waals surface area contributed by atoms with E-state index in [1.165, 1.54) is 25.7 Å². The van der Waals surface area contributed by atoms with Crippen LogP contribution in [0.25, 0.3) is 0 Å². The van der Waals surface area contributed by atoms with Gasteiger partial charge in [-0.15, -0.1) is 0 Å². The SMILES string of the molecule is CCCCCC(CC)(CC)C(CCCC(=O)[O-])C(=O)[O-].CCC[CH2][Sn+2][CH2]CCC. The second kappa shape index (κ2) is 21.0. The molecule has 170 valence electrons. The molecule has 5 heteroatoms. The number of carbonyl (C=O) groups is 2. The number of rotatable bonds is 18. The summed E-state index contributed by atoms with van der Waals surface area (Å²) in [6, 6.07) is 0. The first-order valence-electron chi connectivity index (χ1n) is 12.0. The van der Waals surface area contributed by atoms with Crippen LogP contribution >= 0.6 is 0 Å². The molecule has 0 fully saturated rings. The molecule has 0 bridgehead atoms. The summed E-state index contributed by atoms with van der Waals surface area (Å²) in [5.74, 6) is -2.72. The molecular formula is C24H46O4Sn. The second-order valence-electron chi connectivity index (χ2n) is 8.12. The average molecular weight is 517 g/mol. The fourth-order valence-corrected chi connectivity index (χ4v) is 8.01. The van der Waals surface area contributed by atoms with Gasteiger partial charge < -0.3 is 19.8 Å². The molecule has 1 atom stereocenters. The Kier molecular flexibility index (Phi) is 22.4. The fraction of sp³-hybridized carbons (Fsp3) is 0.917. The molecule has 0 spiro atoms. The van der Waals surface area contributed by atoms with Crippen LogP contribution in [0.15, 0.2) is 0 Å². The van der Waals surface area contributed by atoms with E-state index in [1.807, 2.05) is 13.8 Å². The number of unbranched alkanes of at least 4 members (excludes halogenated alkanes) is 4.